The predicted octanol–water partition coefficient (Wildman–Crippen LogP) is 4.22. The average molecular weight is 286 g/mol. The lowest BCUT2D eigenvalue weighted by molar-refractivity contribution is 0.0697. The van der Waals surface area contributed by atoms with Crippen molar-refractivity contribution in [2.75, 3.05) is 0 Å². The van der Waals surface area contributed by atoms with Crippen molar-refractivity contribution in [3.8, 4) is 0 Å². The third-order valence-electron chi connectivity index (χ3n) is 4.43. The number of nitrogens with zero attached hydrogens (tertiary/aromatic N) is 2. The molecule has 21 heavy (non-hydrogen) atoms. The molecule has 1 aliphatic rings. The number of fused-ring (bicyclic) bond motifs is 1. The summed E-state index contributed by atoms with van der Waals surface area (Å²) in [4.78, 5) is 15.9. The fourth-order valence-corrected chi connectivity index (χ4v) is 3.18. The first-order valence-electron chi connectivity index (χ1n) is 7.78. The van der Waals surface area contributed by atoms with Crippen LogP contribution in [0.25, 0.3) is 11.0 Å². The molecule has 1 N–H and O–H groups in total. The Kier molecular flexibility index (Phi) is 3.47. The molecule has 0 amide bonds. The fourth-order valence-electron chi connectivity index (χ4n) is 3.18. The van der Waals surface area contributed by atoms with E-state index in [0.29, 0.717) is 23.4 Å². The second-order valence-electron chi connectivity index (χ2n) is 6.34. The molecule has 0 aliphatic heterocycles. The van der Waals surface area contributed by atoms with Crippen LogP contribution in [0, 0.1) is 5.92 Å². The standard InChI is InChI=1S/C17H22N2O2/c1-4-14(10(2)3)19-15-8-7-12(17(20)21)9-13(15)18-16(19)11-5-6-11/h7-11,14H,4-6H2,1-3H3,(H,20,21). The van der Waals surface area contributed by atoms with Gasteiger partial charge in [-0.2, -0.15) is 0 Å². The molecule has 3 rings (SSSR count). The molecule has 1 atom stereocenters. The molecule has 1 aromatic heterocycles. The number of aromatic nitrogens is 2. The zero-order valence-electron chi connectivity index (χ0n) is 12.8. The molecule has 0 radical (unpaired) electrons. The summed E-state index contributed by atoms with van der Waals surface area (Å²) >= 11 is 0. The molecular formula is C17H22N2O2. The van der Waals surface area contributed by atoms with Crippen LogP contribution >= 0.6 is 0 Å². The quantitative estimate of drug-likeness (QED) is 0.895. The van der Waals surface area contributed by atoms with Crippen LogP contribution in [-0.4, -0.2) is 20.6 Å². The molecular weight excluding hydrogens is 264 g/mol. The number of hydrogen-bond donors (Lipinski definition) is 1. The zero-order chi connectivity index (χ0) is 15.1. The van der Waals surface area contributed by atoms with Crippen LogP contribution < -0.4 is 0 Å². The molecule has 0 bridgehead atoms. The molecule has 0 spiro atoms. The van der Waals surface area contributed by atoms with Gasteiger partial charge in [0.05, 0.1) is 16.6 Å². The van der Waals surface area contributed by atoms with Gasteiger partial charge in [-0.25, -0.2) is 9.78 Å². The van der Waals surface area contributed by atoms with E-state index in [4.69, 9.17) is 10.1 Å². The highest BCUT2D eigenvalue weighted by atomic mass is 16.4. The van der Waals surface area contributed by atoms with Gasteiger partial charge in [0.1, 0.15) is 5.82 Å². The van der Waals surface area contributed by atoms with Gasteiger partial charge in [-0.1, -0.05) is 20.8 Å². The van der Waals surface area contributed by atoms with Crippen molar-refractivity contribution in [1.29, 1.82) is 0 Å². The average Bonchev–Trinajstić information content (AvgIpc) is 3.21. The van der Waals surface area contributed by atoms with Crippen molar-refractivity contribution in [2.45, 2.75) is 52.0 Å². The second kappa shape index (κ2) is 5.17. The predicted molar refractivity (Wildman–Crippen MR) is 82.8 cm³/mol. The van der Waals surface area contributed by atoms with Crippen molar-refractivity contribution >= 4 is 17.0 Å². The Bertz CT molecular complexity index is 683. The highest BCUT2D eigenvalue weighted by Crippen LogP contribution is 2.43. The minimum Gasteiger partial charge on any atom is -0.478 e. The van der Waals surface area contributed by atoms with Gasteiger partial charge in [-0.3, -0.25) is 0 Å². The van der Waals surface area contributed by atoms with Crippen LogP contribution in [0.4, 0.5) is 0 Å². The van der Waals surface area contributed by atoms with E-state index in [-0.39, 0.29) is 0 Å². The van der Waals surface area contributed by atoms with Gasteiger partial charge in [0.15, 0.2) is 0 Å². The lowest BCUT2D eigenvalue weighted by Gasteiger charge is -2.24. The molecule has 2 aromatic rings. The maximum absolute atomic E-state index is 11.1. The van der Waals surface area contributed by atoms with Crippen LogP contribution in [-0.2, 0) is 0 Å². The normalized spacial score (nSPS) is 16.6. The summed E-state index contributed by atoms with van der Waals surface area (Å²) in [5.74, 6) is 1.34. The van der Waals surface area contributed by atoms with Gasteiger partial charge in [0.25, 0.3) is 0 Å². The van der Waals surface area contributed by atoms with E-state index in [1.165, 1.54) is 12.8 Å². The van der Waals surface area contributed by atoms with Crippen molar-refractivity contribution in [3.05, 3.63) is 29.6 Å². The largest absolute Gasteiger partial charge is 0.478 e. The SMILES string of the molecule is CCC(C(C)C)n1c(C2CC2)nc2cc(C(=O)O)ccc21. The fraction of sp³-hybridized carbons (Fsp3) is 0.529. The summed E-state index contributed by atoms with van der Waals surface area (Å²) < 4.78 is 2.36. The topological polar surface area (TPSA) is 55.1 Å². The first-order chi connectivity index (χ1) is 10.0. The van der Waals surface area contributed by atoms with E-state index in [1.54, 1.807) is 12.1 Å². The number of carbonyl (C=O) groups is 1. The van der Waals surface area contributed by atoms with Crippen molar-refractivity contribution in [2.24, 2.45) is 5.92 Å². The van der Waals surface area contributed by atoms with E-state index in [9.17, 15) is 4.79 Å². The monoisotopic (exact) mass is 286 g/mol. The third-order valence-corrected chi connectivity index (χ3v) is 4.43. The number of rotatable bonds is 5. The summed E-state index contributed by atoms with van der Waals surface area (Å²) in [7, 11) is 0. The Hall–Kier alpha value is -1.84. The van der Waals surface area contributed by atoms with E-state index < -0.39 is 5.97 Å². The Morgan fingerprint density at radius 3 is 2.67 bits per heavy atom. The summed E-state index contributed by atoms with van der Waals surface area (Å²) in [6, 6.07) is 5.73. The van der Waals surface area contributed by atoms with Crippen LogP contribution in [0.1, 0.15) is 68.2 Å². The highest BCUT2D eigenvalue weighted by Gasteiger charge is 2.32. The maximum atomic E-state index is 11.1. The molecule has 1 saturated carbocycles. The number of benzene rings is 1. The van der Waals surface area contributed by atoms with E-state index in [0.717, 1.165) is 23.3 Å². The number of hydrogen-bond acceptors (Lipinski definition) is 2. The molecule has 1 fully saturated rings. The zero-order valence-corrected chi connectivity index (χ0v) is 12.8. The van der Waals surface area contributed by atoms with Crippen molar-refractivity contribution < 1.29 is 9.90 Å². The third kappa shape index (κ3) is 2.43. The smallest absolute Gasteiger partial charge is 0.335 e. The Labute approximate surface area is 124 Å². The number of imidazole rings is 1. The summed E-state index contributed by atoms with van der Waals surface area (Å²) in [6.07, 6.45) is 3.46. The Morgan fingerprint density at radius 2 is 2.14 bits per heavy atom. The van der Waals surface area contributed by atoms with Gasteiger partial charge in [-0.15, -0.1) is 0 Å². The first-order valence-corrected chi connectivity index (χ1v) is 7.78. The molecule has 1 aliphatic carbocycles. The molecule has 1 unspecified atom stereocenters. The maximum Gasteiger partial charge on any atom is 0.335 e. The number of carboxylic acids is 1. The van der Waals surface area contributed by atoms with Gasteiger partial charge >= 0.3 is 5.97 Å². The van der Waals surface area contributed by atoms with E-state index >= 15 is 0 Å². The van der Waals surface area contributed by atoms with Crippen LogP contribution in [0.15, 0.2) is 18.2 Å². The molecule has 112 valence electrons. The van der Waals surface area contributed by atoms with Gasteiger partial charge < -0.3 is 9.67 Å². The minimum absolute atomic E-state index is 0.312. The second-order valence-corrected chi connectivity index (χ2v) is 6.34. The lowest BCUT2D eigenvalue weighted by atomic mass is 10.0. The number of carboxylic acid groups (broad SMARTS) is 1. The highest BCUT2D eigenvalue weighted by molar-refractivity contribution is 5.92. The van der Waals surface area contributed by atoms with Gasteiger partial charge in [0.2, 0.25) is 0 Å². The van der Waals surface area contributed by atoms with Crippen LogP contribution in [0.2, 0.25) is 0 Å². The van der Waals surface area contributed by atoms with Gasteiger partial charge in [-0.05, 0) is 43.4 Å². The van der Waals surface area contributed by atoms with E-state index in [2.05, 4.69) is 25.3 Å². The lowest BCUT2D eigenvalue weighted by Crippen LogP contribution is -2.16. The van der Waals surface area contributed by atoms with Crippen molar-refractivity contribution in [3.63, 3.8) is 0 Å². The van der Waals surface area contributed by atoms with Crippen LogP contribution in [0.3, 0.4) is 0 Å². The Balaban J connectivity index is 2.20. The molecule has 0 saturated heterocycles. The van der Waals surface area contributed by atoms with E-state index in [1.807, 2.05) is 6.07 Å². The van der Waals surface area contributed by atoms with Gasteiger partial charge in [0, 0.05) is 12.0 Å². The molecule has 1 aromatic carbocycles. The summed E-state index contributed by atoms with van der Waals surface area (Å²) in [5.41, 5.74) is 2.20. The molecule has 1 heterocycles. The molecule has 4 heteroatoms. The summed E-state index contributed by atoms with van der Waals surface area (Å²) in [5, 5.41) is 9.15. The summed E-state index contributed by atoms with van der Waals surface area (Å²) in [6.45, 7) is 6.68. The van der Waals surface area contributed by atoms with Crippen LogP contribution in [0.5, 0.6) is 0 Å². The first kappa shape index (κ1) is 14.1. The van der Waals surface area contributed by atoms with Crippen molar-refractivity contribution in [1.82, 2.24) is 9.55 Å². The molecule has 4 nitrogen and oxygen atoms in total. The Morgan fingerprint density at radius 1 is 1.43 bits per heavy atom. The minimum atomic E-state index is -0.893. The number of aromatic carboxylic acids is 1.